The van der Waals surface area contributed by atoms with Gasteiger partial charge in [0.05, 0.1) is 19.3 Å². The number of ether oxygens (including phenoxy) is 1. The molecule has 0 saturated carbocycles. The summed E-state index contributed by atoms with van der Waals surface area (Å²) >= 11 is 0. The smallest absolute Gasteiger partial charge is 0.0637 e. The van der Waals surface area contributed by atoms with Crippen LogP contribution in [0.25, 0.3) is 0 Å². The Morgan fingerprint density at radius 3 is 2.95 bits per heavy atom. The Morgan fingerprint density at radius 1 is 1.40 bits per heavy atom. The average molecular weight is 278 g/mol. The van der Waals surface area contributed by atoms with Crippen LogP contribution in [0.4, 0.5) is 5.69 Å². The molecule has 1 saturated heterocycles. The van der Waals surface area contributed by atoms with Gasteiger partial charge in [-0.2, -0.15) is 0 Å². The molecular weight excluding hydrogens is 252 g/mol. The highest BCUT2D eigenvalue weighted by Gasteiger charge is 2.31. The number of para-hydroxylation sites is 1. The topological polar surface area (TPSA) is 44.7 Å². The summed E-state index contributed by atoms with van der Waals surface area (Å²) in [5, 5.41) is 13.0. The van der Waals surface area contributed by atoms with E-state index in [2.05, 4.69) is 41.4 Å². The lowest BCUT2D eigenvalue weighted by molar-refractivity contribution is 0.199. The maximum Gasteiger partial charge on any atom is 0.0637 e. The summed E-state index contributed by atoms with van der Waals surface area (Å²) in [5.41, 5.74) is 2.54. The molecule has 0 radical (unpaired) electrons. The second-order valence-electron chi connectivity index (χ2n) is 5.51. The van der Waals surface area contributed by atoms with E-state index in [1.807, 2.05) is 0 Å². The lowest BCUT2D eigenvalue weighted by Gasteiger charge is -2.29. The van der Waals surface area contributed by atoms with E-state index in [1.165, 1.54) is 11.3 Å². The molecule has 2 N–H and O–H groups in total. The summed E-state index contributed by atoms with van der Waals surface area (Å²) in [6.07, 6.45) is 1.15. The zero-order valence-corrected chi connectivity index (χ0v) is 12.5. The molecule has 0 spiro atoms. The van der Waals surface area contributed by atoms with Gasteiger partial charge in [-0.1, -0.05) is 25.1 Å². The Labute approximate surface area is 121 Å². The molecule has 1 aromatic carbocycles. The average Bonchev–Trinajstić information content (AvgIpc) is 2.85. The number of aliphatic hydroxyl groups is 1. The SMILES string of the molecule is COCCNCc1ccccc1N1CCC(C)C1CO. The number of aliphatic hydroxyl groups excluding tert-OH is 1. The fraction of sp³-hybridized carbons (Fsp3) is 0.625. The van der Waals surface area contributed by atoms with E-state index in [4.69, 9.17) is 4.74 Å². The first-order valence-electron chi connectivity index (χ1n) is 7.43. The number of nitrogens with one attached hydrogen (secondary N) is 1. The van der Waals surface area contributed by atoms with Gasteiger partial charge in [0, 0.05) is 32.4 Å². The van der Waals surface area contributed by atoms with Gasteiger partial charge in [0.2, 0.25) is 0 Å². The largest absolute Gasteiger partial charge is 0.394 e. The molecule has 4 heteroatoms. The van der Waals surface area contributed by atoms with Crippen molar-refractivity contribution in [1.29, 1.82) is 0 Å². The molecule has 0 bridgehead atoms. The minimum atomic E-state index is 0.229. The first-order chi connectivity index (χ1) is 9.77. The van der Waals surface area contributed by atoms with Crippen molar-refractivity contribution in [3.8, 4) is 0 Å². The Morgan fingerprint density at radius 2 is 2.20 bits per heavy atom. The Bertz CT molecular complexity index is 411. The maximum absolute atomic E-state index is 9.63. The highest BCUT2D eigenvalue weighted by Crippen LogP contribution is 2.31. The lowest BCUT2D eigenvalue weighted by Crippen LogP contribution is -2.36. The summed E-state index contributed by atoms with van der Waals surface area (Å²) in [4.78, 5) is 2.36. The predicted octanol–water partition coefficient (Wildman–Crippen LogP) is 1.63. The highest BCUT2D eigenvalue weighted by molar-refractivity contribution is 5.55. The van der Waals surface area contributed by atoms with Crippen molar-refractivity contribution in [1.82, 2.24) is 5.32 Å². The van der Waals surface area contributed by atoms with Crippen molar-refractivity contribution in [2.75, 3.05) is 38.3 Å². The highest BCUT2D eigenvalue weighted by atomic mass is 16.5. The molecule has 2 unspecified atom stereocenters. The van der Waals surface area contributed by atoms with Crippen LogP contribution in [0.15, 0.2) is 24.3 Å². The Kier molecular flexibility index (Phi) is 5.83. The second-order valence-corrected chi connectivity index (χ2v) is 5.51. The lowest BCUT2D eigenvalue weighted by atomic mass is 10.0. The molecule has 2 rings (SSSR count). The number of methoxy groups -OCH3 is 1. The molecule has 1 fully saturated rings. The molecule has 1 heterocycles. The van der Waals surface area contributed by atoms with Crippen LogP contribution >= 0.6 is 0 Å². The minimum absolute atomic E-state index is 0.229. The monoisotopic (exact) mass is 278 g/mol. The molecule has 112 valence electrons. The fourth-order valence-electron chi connectivity index (χ4n) is 2.92. The molecule has 2 atom stereocenters. The van der Waals surface area contributed by atoms with Crippen LogP contribution in [0.2, 0.25) is 0 Å². The number of nitrogens with zero attached hydrogens (tertiary/aromatic N) is 1. The maximum atomic E-state index is 9.63. The number of anilines is 1. The van der Waals surface area contributed by atoms with Crippen LogP contribution < -0.4 is 10.2 Å². The van der Waals surface area contributed by atoms with Crippen LogP contribution in [0, 0.1) is 5.92 Å². The van der Waals surface area contributed by atoms with Crippen LogP contribution in [0.5, 0.6) is 0 Å². The summed E-state index contributed by atoms with van der Waals surface area (Å²) in [7, 11) is 1.72. The van der Waals surface area contributed by atoms with E-state index in [9.17, 15) is 5.11 Å². The molecule has 1 aliphatic rings. The van der Waals surface area contributed by atoms with Gasteiger partial charge in [-0.15, -0.1) is 0 Å². The van der Waals surface area contributed by atoms with E-state index >= 15 is 0 Å². The van der Waals surface area contributed by atoms with Gasteiger partial charge in [-0.25, -0.2) is 0 Å². The van der Waals surface area contributed by atoms with E-state index in [0.717, 1.165) is 32.7 Å². The van der Waals surface area contributed by atoms with Gasteiger partial charge < -0.3 is 20.1 Å². The van der Waals surface area contributed by atoms with E-state index in [-0.39, 0.29) is 12.6 Å². The van der Waals surface area contributed by atoms with Crippen LogP contribution in [-0.4, -0.2) is 44.6 Å². The molecule has 4 nitrogen and oxygen atoms in total. The molecular formula is C16H26N2O2. The molecule has 0 aliphatic carbocycles. The quantitative estimate of drug-likeness (QED) is 0.744. The first kappa shape index (κ1) is 15.3. The van der Waals surface area contributed by atoms with Crippen LogP contribution in [0.3, 0.4) is 0 Å². The third-order valence-corrected chi connectivity index (χ3v) is 4.17. The zero-order chi connectivity index (χ0) is 14.4. The third kappa shape index (κ3) is 3.51. The summed E-state index contributed by atoms with van der Waals surface area (Å²) in [5.74, 6) is 0.550. The first-order valence-corrected chi connectivity index (χ1v) is 7.43. The minimum Gasteiger partial charge on any atom is -0.394 e. The van der Waals surface area contributed by atoms with Gasteiger partial charge >= 0.3 is 0 Å². The number of benzene rings is 1. The molecule has 1 aliphatic heterocycles. The van der Waals surface area contributed by atoms with Gasteiger partial charge in [0.15, 0.2) is 0 Å². The third-order valence-electron chi connectivity index (χ3n) is 4.17. The molecule has 0 aromatic heterocycles. The zero-order valence-electron chi connectivity index (χ0n) is 12.5. The van der Waals surface area contributed by atoms with E-state index < -0.39 is 0 Å². The fourth-order valence-corrected chi connectivity index (χ4v) is 2.92. The predicted molar refractivity (Wildman–Crippen MR) is 82.0 cm³/mol. The van der Waals surface area contributed by atoms with Crippen molar-refractivity contribution < 1.29 is 9.84 Å². The number of hydrogen-bond donors (Lipinski definition) is 2. The number of rotatable bonds is 7. The normalized spacial score (nSPS) is 22.4. The van der Waals surface area contributed by atoms with Crippen LogP contribution in [0.1, 0.15) is 18.9 Å². The van der Waals surface area contributed by atoms with Gasteiger partial charge in [-0.3, -0.25) is 0 Å². The second kappa shape index (κ2) is 7.62. The van der Waals surface area contributed by atoms with Crippen molar-refractivity contribution in [2.45, 2.75) is 25.9 Å². The van der Waals surface area contributed by atoms with Crippen molar-refractivity contribution in [3.05, 3.63) is 29.8 Å². The Balaban J connectivity index is 2.07. The van der Waals surface area contributed by atoms with Crippen molar-refractivity contribution in [3.63, 3.8) is 0 Å². The van der Waals surface area contributed by atoms with E-state index in [0.29, 0.717) is 5.92 Å². The number of hydrogen-bond acceptors (Lipinski definition) is 4. The summed E-state index contributed by atoms with van der Waals surface area (Å²) < 4.78 is 5.05. The van der Waals surface area contributed by atoms with Gasteiger partial charge in [0.1, 0.15) is 0 Å². The summed E-state index contributed by atoms with van der Waals surface area (Å²) in [6.45, 7) is 5.89. The standard InChI is InChI=1S/C16H26N2O2/c1-13-7-9-18(16(13)12-19)15-6-4-3-5-14(15)11-17-8-10-20-2/h3-6,13,16-17,19H,7-12H2,1-2H3. The van der Waals surface area contributed by atoms with Gasteiger partial charge in [-0.05, 0) is 24.0 Å². The van der Waals surface area contributed by atoms with E-state index in [1.54, 1.807) is 7.11 Å². The van der Waals surface area contributed by atoms with Crippen molar-refractivity contribution in [2.24, 2.45) is 5.92 Å². The van der Waals surface area contributed by atoms with Gasteiger partial charge in [0.25, 0.3) is 0 Å². The summed E-state index contributed by atoms with van der Waals surface area (Å²) in [6, 6.07) is 8.71. The molecule has 1 aromatic rings. The van der Waals surface area contributed by atoms with Crippen molar-refractivity contribution >= 4 is 5.69 Å². The van der Waals surface area contributed by atoms with Crippen LogP contribution in [-0.2, 0) is 11.3 Å². The molecule has 20 heavy (non-hydrogen) atoms. The molecule has 0 amide bonds. The Hall–Kier alpha value is -1.10.